The second kappa shape index (κ2) is 9.02. The van der Waals surface area contributed by atoms with Crippen LogP contribution in [0.15, 0.2) is 35.3 Å². The number of benzene rings is 1. The van der Waals surface area contributed by atoms with Crippen molar-refractivity contribution in [2.24, 2.45) is 10.4 Å². The van der Waals surface area contributed by atoms with E-state index in [1.807, 2.05) is 7.05 Å². The summed E-state index contributed by atoms with van der Waals surface area (Å²) in [5.41, 5.74) is 1.68. The van der Waals surface area contributed by atoms with Crippen molar-refractivity contribution in [3.05, 3.63) is 35.9 Å². The molecule has 3 heterocycles. The first kappa shape index (κ1) is 20.6. The first-order valence-electron chi connectivity index (χ1n) is 11.1. The molecule has 1 aromatic rings. The van der Waals surface area contributed by atoms with E-state index in [0.29, 0.717) is 11.5 Å². The molecule has 2 atom stereocenters. The number of guanidine groups is 1. The van der Waals surface area contributed by atoms with Crippen LogP contribution in [0, 0.1) is 5.41 Å². The lowest BCUT2D eigenvalue weighted by Crippen LogP contribution is -2.58. The minimum absolute atomic E-state index is 0.0112. The summed E-state index contributed by atoms with van der Waals surface area (Å²) in [6.45, 7) is 8.65. The van der Waals surface area contributed by atoms with Crippen molar-refractivity contribution in [2.45, 2.75) is 44.2 Å². The van der Waals surface area contributed by atoms with Crippen LogP contribution < -0.4 is 10.6 Å². The normalized spacial score (nSPS) is 28.1. The van der Waals surface area contributed by atoms with Gasteiger partial charge in [-0.05, 0) is 38.2 Å². The SMILES string of the molecule is CN=C(NCC1(NC(C)c2ccccc2)CCOCC1)N1CCC2(CCOC2)C1. The third-order valence-electron chi connectivity index (χ3n) is 6.99. The van der Waals surface area contributed by atoms with Crippen molar-refractivity contribution >= 4 is 5.96 Å². The Morgan fingerprint density at radius 2 is 1.86 bits per heavy atom. The van der Waals surface area contributed by atoms with E-state index in [0.717, 1.165) is 64.9 Å². The van der Waals surface area contributed by atoms with Gasteiger partial charge in [0, 0.05) is 63.5 Å². The third-order valence-corrected chi connectivity index (χ3v) is 6.99. The highest BCUT2D eigenvalue weighted by molar-refractivity contribution is 5.80. The van der Waals surface area contributed by atoms with Crippen LogP contribution in [0.1, 0.15) is 44.2 Å². The Hall–Kier alpha value is -1.63. The third kappa shape index (κ3) is 4.76. The molecule has 4 rings (SSSR count). The van der Waals surface area contributed by atoms with Gasteiger partial charge in [0.05, 0.1) is 6.61 Å². The summed E-state index contributed by atoms with van der Waals surface area (Å²) in [4.78, 5) is 7.03. The lowest BCUT2D eigenvalue weighted by molar-refractivity contribution is 0.0352. The van der Waals surface area contributed by atoms with E-state index in [1.165, 1.54) is 18.4 Å². The monoisotopic (exact) mass is 400 g/mol. The van der Waals surface area contributed by atoms with Crippen molar-refractivity contribution in [2.75, 3.05) is 53.1 Å². The zero-order chi connectivity index (χ0) is 20.2. The molecule has 29 heavy (non-hydrogen) atoms. The number of hydrogen-bond acceptors (Lipinski definition) is 4. The van der Waals surface area contributed by atoms with Crippen molar-refractivity contribution in [1.29, 1.82) is 0 Å². The van der Waals surface area contributed by atoms with Gasteiger partial charge < -0.3 is 25.0 Å². The maximum Gasteiger partial charge on any atom is 0.193 e. The van der Waals surface area contributed by atoms with Crippen LogP contribution in [0.5, 0.6) is 0 Å². The molecule has 1 spiro atoms. The van der Waals surface area contributed by atoms with E-state index in [4.69, 9.17) is 9.47 Å². The van der Waals surface area contributed by atoms with Gasteiger partial charge in [0.25, 0.3) is 0 Å². The maximum absolute atomic E-state index is 5.69. The molecular weight excluding hydrogens is 364 g/mol. The van der Waals surface area contributed by atoms with Gasteiger partial charge in [-0.3, -0.25) is 4.99 Å². The molecule has 0 bridgehead atoms. The summed E-state index contributed by atoms with van der Waals surface area (Å²) in [5, 5.41) is 7.63. The fraction of sp³-hybridized carbons (Fsp3) is 0.696. The molecule has 160 valence electrons. The molecule has 6 heteroatoms. The largest absolute Gasteiger partial charge is 0.381 e. The smallest absolute Gasteiger partial charge is 0.193 e. The second-order valence-corrected chi connectivity index (χ2v) is 9.04. The van der Waals surface area contributed by atoms with Crippen molar-refractivity contribution in [3.63, 3.8) is 0 Å². The summed E-state index contributed by atoms with van der Waals surface area (Å²) in [5.74, 6) is 1.02. The molecule has 1 aromatic carbocycles. The highest BCUT2D eigenvalue weighted by Crippen LogP contribution is 2.38. The maximum atomic E-state index is 5.69. The molecule has 0 saturated carbocycles. The summed E-state index contributed by atoms with van der Waals surface area (Å²) in [7, 11) is 1.90. The van der Waals surface area contributed by atoms with Crippen LogP contribution in [0.2, 0.25) is 0 Å². The van der Waals surface area contributed by atoms with E-state index in [9.17, 15) is 0 Å². The summed E-state index contributed by atoms with van der Waals surface area (Å²) in [6.07, 6.45) is 4.39. The Morgan fingerprint density at radius 3 is 2.55 bits per heavy atom. The van der Waals surface area contributed by atoms with Crippen LogP contribution >= 0.6 is 0 Å². The van der Waals surface area contributed by atoms with Crippen LogP contribution in [0.4, 0.5) is 0 Å². The summed E-state index contributed by atoms with van der Waals surface area (Å²) >= 11 is 0. The Balaban J connectivity index is 1.40. The minimum atomic E-state index is 0.0112. The van der Waals surface area contributed by atoms with Crippen LogP contribution in [-0.4, -0.2) is 69.5 Å². The second-order valence-electron chi connectivity index (χ2n) is 9.04. The topological polar surface area (TPSA) is 58.1 Å². The van der Waals surface area contributed by atoms with Crippen molar-refractivity contribution in [1.82, 2.24) is 15.5 Å². The number of aliphatic imine (C=N–C) groups is 1. The standard InChI is InChI=1S/C23H36N4O2/c1-19(20-6-4-3-5-7-20)26-23(10-14-28-15-11-23)16-25-21(24-2)27-12-8-22(17-27)9-13-29-18-22/h3-7,19,26H,8-18H2,1-2H3,(H,24,25). The van der Waals surface area contributed by atoms with Gasteiger partial charge in [0.2, 0.25) is 0 Å². The Labute approximate surface area is 175 Å². The molecule has 3 aliphatic rings. The van der Waals surface area contributed by atoms with Crippen LogP contribution in [-0.2, 0) is 9.47 Å². The molecule has 3 fully saturated rings. The van der Waals surface area contributed by atoms with Gasteiger partial charge >= 0.3 is 0 Å². The van der Waals surface area contributed by atoms with Crippen molar-refractivity contribution < 1.29 is 9.47 Å². The van der Waals surface area contributed by atoms with Crippen LogP contribution in [0.25, 0.3) is 0 Å². The predicted octanol–water partition coefficient (Wildman–Crippen LogP) is 2.57. The molecular formula is C23H36N4O2. The average Bonchev–Trinajstić information content (AvgIpc) is 3.40. The minimum Gasteiger partial charge on any atom is -0.381 e. The number of nitrogens with zero attached hydrogens (tertiary/aromatic N) is 2. The molecule has 0 aromatic heterocycles. The van der Waals surface area contributed by atoms with E-state index in [1.54, 1.807) is 0 Å². The quantitative estimate of drug-likeness (QED) is 0.588. The number of likely N-dealkylation sites (tertiary alicyclic amines) is 1. The zero-order valence-corrected chi connectivity index (χ0v) is 18.0. The Bertz CT molecular complexity index is 681. The van der Waals surface area contributed by atoms with Gasteiger partial charge in [-0.15, -0.1) is 0 Å². The molecule has 6 nitrogen and oxygen atoms in total. The lowest BCUT2D eigenvalue weighted by Gasteiger charge is -2.41. The zero-order valence-electron chi connectivity index (χ0n) is 18.0. The van der Waals surface area contributed by atoms with Crippen LogP contribution in [0.3, 0.4) is 0 Å². The highest BCUT2D eigenvalue weighted by Gasteiger charge is 2.42. The molecule has 0 amide bonds. The van der Waals surface area contributed by atoms with E-state index in [-0.39, 0.29) is 5.54 Å². The fourth-order valence-corrected chi connectivity index (χ4v) is 5.09. The number of hydrogen-bond donors (Lipinski definition) is 2. The first-order valence-corrected chi connectivity index (χ1v) is 11.1. The Morgan fingerprint density at radius 1 is 1.10 bits per heavy atom. The van der Waals surface area contributed by atoms with Gasteiger partial charge in [0.15, 0.2) is 5.96 Å². The van der Waals surface area contributed by atoms with Gasteiger partial charge in [0.1, 0.15) is 0 Å². The average molecular weight is 401 g/mol. The molecule has 3 aliphatic heterocycles. The summed E-state index contributed by atoms with van der Waals surface area (Å²) < 4.78 is 11.4. The Kier molecular flexibility index (Phi) is 6.42. The van der Waals surface area contributed by atoms with E-state index in [2.05, 4.69) is 57.8 Å². The number of nitrogens with one attached hydrogen (secondary N) is 2. The molecule has 0 radical (unpaired) electrons. The van der Waals surface area contributed by atoms with Crippen molar-refractivity contribution in [3.8, 4) is 0 Å². The molecule has 2 unspecified atom stereocenters. The first-order chi connectivity index (χ1) is 14.1. The van der Waals surface area contributed by atoms with E-state index >= 15 is 0 Å². The predicted molar refractivity (Wildman–Crippen MR) is 116 cm³/mol. The van der Waals surface area contributed by atoms with Gasteiger partial charge in [-0.1, -0.05) is 30.3 Å². The number of rotatable bonds is 5. The molecule has 3 saturated heterocycles. The highest BCUT2D eigenvalue weighted by atomic mass is 16.5. The molecule has 0 aliphatic carbocycles. The fourth-order valence-electron chi connectivity index (χ4n) is 5.09. The van der Waals surface area contributed by atoms with Gasteiger partial charge in [-0.2, -0.15) is 0 Å². The van der Waals surface area contributed by atoms with E-state index < -0.39 is 0 Å². The summed E-state index contributed by atoms with van der Waals surface area (Å²) in [6, 6.07) is 11.0. The van der Waals surface area contributed by atoms with Gasteiger partial charge in [-0.25, -0.2) is 0 Å². The lowest BCUT2D eigenvalue weighted by atomic mass is 9.87. The number of ether oxygens (including phenoxy) is 2. The molecule has 2 N–H and O–H groups in total.